The third-order valence-corrected chi connectivity index (χ3v) is 5.70. The van der Waals surface area contributed by atoms with E-state index in [1.165, 1.54) is 64.3 Å². The van der Waals surface area contributed by atoms with Gasteiger partial charge in [-0.15, -0.1) is 0 Å². The van der Waals surface area contributed by atoms with Crippen LogP contribution >= 0.6 is 0 Å². The van der Waals surface area contributed by atoms with Crippen molar-refractivity contribution in [3.8, 4) is 0 Å². The predicted molar refractivity (Wildman–Crippen MR) is 90.6 cm³/mol. The van der Waals surface area contributed by atoms with E-state index in [9.17, 15) is 0 Å². The molecule has 1 unspecified atom stereocenters. The van der Waals surface area contributed by atoms with Gasteiger partial charge >= 0.3 is 0 Å². The van der Waals surface area contributed by atoms with Crippen molar-refractivity contribution in [3.63, 3.8) is 0 Å². The molecule has 0 amide bonds. The zero-order valence-corrected chi connectivity index (χ0v) is 14.6. The first kappa shape index (κ1) is 17.3. The van der Waals surface area contributed by atoms with Gasteiger partial charge in [0, 0.05) is 19.3 Å². The van der Waals surface area contributed by atoms with Gasteiger partial charge in [0.1, 0.15) is 0 Å². The van der Waals surface area contributed by atoms with E-state index in [2.05, 4.69) is 26.1 Å². The first-order valence-electron chi connectivity index (χ1n) is 9.47. The SMILES string of the molecule is CCCNC(CC1CCOCC1)C1(CC(C)C)CCCC1. The summed E-state index contributed by atoms with van der Waals surface area (Å²) in [7, 11) is 0. The molecule has 2 heteroatoms. The molecule has 0 spiro atoms. The fourth-order valence-corrected chi connectivity index (χ4v) is 4.77. The van der Waals surface area contributed by atoms with Gasteiger partial charge in [0.25, 0.3) is 0 Å². The van der Waals surface area contributed by atoms with Crippen molar-refractivity contribution in [3.05, 3.63) is 0 Å². The Morgan fingerprint density at radius 1 is 1.14 bits per heavy atom. The van der Waals surface area contributed by atoms with E-state index < -0.39 is 0 Å². The zero-order valence-electron chi connectivity index (χ0n) is 14.6. The number of hydrogen-bond donors (Lipinski definition) is 1. The molecule has 0 aromatic heterocycles. The summed E-state index contributed by atoms with van der Waals surface area (Å²) in [5.74, 6) is 1.71. The summed E-state index contributed by atoms with van der Waals surface area (Å²) in [6, 6.07) is 0.741. The van der Waals surface area contributed by atoms with Crippen LogP contribution in [0.4, 0.5) is 0 Å². The third-order valence-electron chi connectivity index (χ3n) is 5.70. The molecule has 21 heavy (non-hydrogen) atoms. The molecule has 124 valence electrons. The van der Waals surface area contributed by atoms with Gasteiger partial charge in [-0.2, -0.15) is 0 Å². The topological polar surface area (TPSA) is 21.3 Å². The van der Waals surface area contributed by atoms with Gasteiger partial charge in [-0.1, -0.05) is 33.6 Å². The van der Waals surface area contributed by atoms with Crippen LogP contribution in [-0.2, 0) is 4.74 Å². The second-order valence-electron chi connectivity index (χ2n) is 7.97. The minimum atomic E-state index is 0.585. The Bertz CT molecular complexity index is 277. The minimum absolute atomic E-state index is 0.585. The van der Waals surface area contributed by atoms with E-state index >= 15 is 0 Å². The molecule has 1 N–H and O–H groups in total. The molecule has 2 rings (SSSR count). The van der Waals surface area contributed by atoms with Gasteiger partial charge in [-0.25, -0.2) is 0 Å². The number of nitrogens with one attached hydrogen (secondary N) is 1. The lowest BCUT2D eigenvalue weighted by Gasteiger charge is -2.42. The Labute approximate surface area is 132 Å². The summed E-state index contributed by atoms with van der Waals surface area (Å²) in [5.41, 5.74) is 0.585. The Hall–Kier alpha value is -0.0800. The molecule has 1 saturated heterocycles. The van der Waals surface area contributed by atoms with E-state index in [1.54, 1.807) is 0 Å². The van der Waals surface area contributed by atoms with Crippen LogP contribution in [0.15, 0.2) is 0 Å². The molecule has 2 aliphatic rings. The first-order chi connectivity index (χ1) is 10.2. The highest BCUT2D eigenvalue weighted by Gasteiger charge is 2.42. The Kier molecular flexibility index (Phi) is 7.01. The minimum Gasteiger partial charge on any atom is -0.381 e. The van der Waals surface area contributed by atoms with Crippen LogP contribution < -0.4 is 5.32 Å². The van der Waals surface area contributed by atoms with Gasteiger partial charge in [0.05, 0.1) is 0 Å². The van der Waals surface area contributed by atoms with Gasteiger partial charge in [0.15, 0.2) is 0 Å². The Morgan fingerprint density at radius 2 is 1.81 bits per heavy atom. The van der Waals surface area contributed by atoms with Crippen LogP contribution in [0.5, 0.6) is 0 Å². The Morgan fingerprint density at radius 3 is 2.38 bits per heavy atom. The lowest BCUT2D eigenvalue weighted by molar-refractivity contribution is 0.0471. The van der Waals surface area contributed by atoms with E-state index in [1.807, 2.05) is 0 Å². The zero-order chi connectivity index (χ0) is 15.1. The summed E-state index contributed by atoms with van der Waals surface area (Å²) in [5, 5.41) is 3.96. The van der Waals surface area contributed by atoms with E-state index in [4.69, 9.17) is 4.74 Å². The highest BCUT2D eigenvalue weighted by Crippen LogP contribution is 2.48. The molecule has 2 nitrogen and oxygen atoms in total. The summed E-state index contributed by atoms with van der Waals surface area (Å²) < 4.78 is 5.56. The summed E-state index contributed by atoms with van der Waals surface area (Å²) in [4.78, 5) is 0. The van der Waals surface area contributed by atoms with Crippen molar-refractivity contribution in [2.45, 2.75) is 84.6 Å². The molecule has 1 aliphatic heterocycles. The number of rotatable bonds is 8. The highest BCUT2D eigenvalue weighted by molar-refractivity contribution is 4.96. The smallest absolute Gasteiger partial charge is 0.0468 e. The fourth-order valence-electron chi connectivity index (χ4n) is 4.77. The Balaban J connectivity index is 2.03. The van der Waals surface area contributed by atoms with Crippen molar-refractivity contribution in [2.24, 2.45) is 17.3 Å². The summed E-state index contributed by atoms with van der Waals surface area (Å²) in [6.45, 7) is 10.3. The van der Waals surface area contributed by atoms with Crippen molar-refractivity contribution in [1.82, 2.24) is 5.32 Å². The van der Waals surface area contributed by atoms with Gasteiger partial charge in [-0.3, -0.25) is 0 Å². The maximum Gasteiger partial charge on any atom is 0.0468 e. The molecule has 1 heterocycles. The van der Waals surface area contributed by atoms with Crippen molar-refractivity contribution >= 4 is 0 Å². The highest BCUT2D eigenvalue weighted by atomic mass is 16.5. The average Bonchev–Trinajstić information content (AvgIpc) is 2.93. The lowest BCUT2D eigenvalue weighted by Crippen LogP contribution is -2.46. The largest absolute Gasteiger partial charge is 0.381 e. The molecule has 1 saturated carbocycles. The first-order valence-corrected chi connectivity index (χ1v) is 9.47. The molecule has 2 fully saturated rings. The van der Waals surface area contributed by atoms with E-state index in [-0.39, 0.29) is 0 Å². The summed E-state index contributed by atoms with van der Waals surface area (Å²) >= 11 is 0. The average molecular weight is 296 g/mol. The van der Waals surface area contributed by atoms with Crippen LogP contribution in [0.2, 0.25) is 0 Å². The predicted octanol–water partition coefficient (Wildman–Crippen LogP) is 4.78. The number of ether oxygens (including phenoxy) is 1. The molecule has 0 bridgehead atoms. The fraction of sp³-hybridized carbons (Fsp3) is 1.00. The van der Waals surface area contributed by atoms with Gasteiger partial charge < -0.3 is 10.1 Å². The lowest BCUT2D eigenvalue weighted by atomic mass is 9.69. The molecular weight excluding hydrogens is 258 g/mol. The molecular formula is C19H37NO. The van der Waals surface area contributed by atoms with Crippen molar-refractivity contribution in [2.75, 3.05) is 19.8 Å². The van der Waals surface area contributed by atoms with Crippen LogP contribution in [0.25, 0.3) is 0 Å². The van der Waals surface area contributed by atoms with E-state index in [0.717, 1.165) is 31.1 Å². The molecule has 0 aromatic carbocycles. The van der Waals surface area contributed by atoms with Crippen molar-refractivity contribution in [1.29, 1.82) is 0 Å². The quantitative estimate of drug-likeness (QED) is 0.696. The normalized spacial score (nSPS) is 24.6. The van der Waals surface area contributed by atoms with E-state index in [0.29, 0.717) is 5.41 Å². The third kappa shape index (κ3) is 4.96. The standard InChI is InChI=1S/C19H37NO/c1-4-11-20-18(14-17-7-12-21-13-8-17)19(15-16(2)3)9-5-6-10-19/h16-18,20H,4-15H2,1-3H3. The van der Waals surface area contributed by atoms with Crippen LogP contribution in [0, 0.1) is 17.3 Å². The monoisotopic (exact) mass is 295 g/mol. The van der Waals surface area contributed by atoms with Gasteiger partial charge in [0.2, 0.25) is 0 Å². The molecule has 1 aliphatic carbocycles. The molecule has 0 aromatic rings. The van der Waals surface area contributed by atoms with Crippen molar-refractivity contribution < 1.29 is 4.74 Å². The second kappa shape index (κ2) is 8.53. The van der Waals surface area contributed by atoms with Gasteiger partial charge in [-0.05, 0) is 68.7 Å². The molecule has 1 atom stereocenters. The van der Waals surface area contributed by atoms with Crippen LogP contribution in [0.1, 0.15) is 78.6 Å². The maximum atomic E-state index is 5.56. The van der Waals surface area contributed by atoms with Crippen LogP contribution in [0.3, 0.4) is 0 Å². The second-order valence-corrected chi connectivity index (χ2v) is 7.97. The van der Waals surface area contributed by atoms with Crippen LogP contribution in [-0.4, -0.2) is 25.8 Å². The maximum absolute atomic E-state index is 5.56. The number of hydrogen-bond acceptors (Lipinski definition) is 2. The summed E-state index contributed by atoms with van der Waals surface area (Å²) in [6.07, 6.45) is 12.4. The molecule has 0 radical (unpaired) electrons.